The van der Waals surface area contributed by atoms with Crippen molar-refractivity contribution >= 4 is 47.2 Å². The average molecular weight is 320 g/mol. The Balaban J connectivity index is 2.70. The third kappa shape index (κ3) is 1.56. The second-order valence-corrected chi connectivity index (χ2v) is 4.75. The summed E-state index contributed by atoms with van der Waals surface area (Å²) in [6, 6.07) is 2.04. The van der Waals surface area contributed by atoms with Crippen LogP contribution in [0.2, 0.25) is 0 Å². The zero-order chi connectivity index (χ0) is 10.1. The molecule has 0 aromatic carbocycles. The van der Waals surface area contributed by atoms with Gasteiger partial charge in [-0.15, -0.1) is 0 Å². The molecule has 2 aromatic rings. The summed E-state index contributed by atoms with van der Waals surface area (Å²) < 4.78 is 2.02. The molecule has 0 aliphatic heterocycles. The molecule has 0 unspecified atom stereocenters. The van der Waals surface area contributed by atoms with Crippen LogP contribution in [-0.4, -0.2) is 28.0 Å². The maximum Gasteiger partial charge on any atom is 0.156 e. The van der Waals surface area contributed by atoms with Gasteiger partial charge in [-0.05, 0) is 6.07 Å². The summed E-state index contributed by atoms with van der Waals surface area (Å²) in [6.07, 6.45) is 3.60. The van der Waals surface area contributed by atoms with Crippen LogP contribution in [0, 0.1) is 0 Å². The smallest absolute Gasteiger partial charge is 0.156 e. The number of rotatable bonds is 2. The molecule has 0 N–H and O–H groups in total. The summed E-state index contributed by atoms with van der Waals surface area (Å²) in [5, 5.41) is 1.08. The first-order chi connectivity index (χ1) is 6.74. The van der Waals surface area contributed by atoms with E-state index in [-0.39, 0.29) is 0 Å². The van der Waals surface area contributed by atoms with E-state index < -0.39 is 0 Å². The van der Waals surface area contributed by atoms with Crippen molar-refractivity contribution in [3.63, 3.8) is 0 Å². The first kappa shape index (κ1) is 10.0. The fourth-order valence-electron chi connectivity index (χ4n) is 1.33. The van der Waals surface area contributed by atoms with Gasteiger partial charge in [-0.1, -0.05) is 0 Å². The van der Waals surface area contributed by atoms with Gasteiger partial charge in [0.2, 0.25) is 0 Å². The van der Waals surface area contributed by atoms with Crippen LogP contribution in [0.5, 0.6) is 0 Å². The monoisotopic (exact) mass is 320 g/mol. The Kier molecular flexibility index (Phi) is 2.82. The molecular weight excluding hydrogens is 311 g/mol. The zero-order valence-electron chi connectivity index (χ0n) is 7.81. The van der Waals surface area contributed by atoms with Gasteiger partial charge in [0.25, 0.3) is 0 Å². The molecule has 0 aliphatic carbocycles. The van der Waals surface area contributed by atoms with Crippen LogP contribution in [0.25, 0.3) is 11.0 Å². The molecule has 0 atom stereocenters. The normalized spacial score (nSPS) is 10.8. The van der Waals surface area contributed by atoms with Crippen LogP contribution in [0.3, 0.4) is 0 Å². The van der Waals surface area contributed by atoms with Crippen LogP contribution in [0.15, 0.2) is 18.6 Å². The van der Waals surface area contributed by atoms with E-state index in [1.54, 1.807) is 15.4 Å². The van der Waals surface area contributed by atoms with E-state index in [1.807, 2.05) is 35.2 Å². The minimum Gasteiger partial charge on any atom is -0.362 e. The first-order valence-corrected chi connectivity index (χ1v) is 7.34. The molecule has 0 fully saturated rings. The molecule has 0 radical (unpaired) electrons. The summed E-state index contributed by atoms with van der Waals surface area (Å²) in [5.41, 5.74) is 0.961. The largest absolute Gasteiger partial charge is 0.362 e. The second kappa shape index (κ2) is 3.93. The van der Waals surface area contributed by atoms with Gasteiger partial charge in [0.05, 0.1) is 5.39 Å². The van der Waals surface area contributed by atoms with Crippen molar-refractivity contribution < 1.29 is 0 Å². The highest BCUT2D eigenvalue weighted by Crippen LogP contribution is 2.27. The molecule has 2 aromatic heterocycles. The van der Waals surface area contributed by atoms with E-state index in [1.165, 1.54) is 0 Å². The highest BCUT2D eigenvalue weighted by Gasteiger charge is 2.08. The topological polar surface area (TPSA) is 34.0 Å². The third-order valence-corrected chi connectivity index (χ3v) is 3.64. The lowest BCUT2D eigenvalue weighted by Crippen LogP contribution is -2.11. The molecule has 0 aliphatic rings. The zero-order valence-corrected chi connectivity index (χ0v) is 10.8. The fourth-order valence-corrected chi connectivity index (χ4v) is 2.60. The van der Waals surface area contributed by atoms with Gasteiger partial charge in [0.15, 0.2) is 5.65 Å². The molecule has 2 rings (SSSR count). The number of anilines is 1. The predicted octanol–water partition coefficient (Wildman–Crippen LogP) is 2.34. The highest BCUT2D eigenvalue weighted by atomic mass is 127. The summed E-state index contributed by atoms with van der Waals surface area (Å²) >= 11 is 2.23. The van der Waals surface area contributed by atoms with E-state index in [9.17, 15) is 0 Å². The van der Waals surface area contributed by atoms with Gasteiger partial charge in [0, 0.05) is 50.6 Å². The number of hydrogen-bond donors (Lipinski definition) is 0. The number of halogens is 1. The van der Waals surface area contributed by atoms with E-state index in [0.717, 1.165) is 16.9 Å². The average Bonchev–Trinajstić information content (AvgIpc) is 2.59. The summed E-state index contributed by atoms with van der Waals surface area (Å²) in [6.45, 7) is 0. The van der Waals surface area contributed by atoms with Crippen molar-refractivity contribution in [1.82, 2.24) is 13.9 Å². The van der Waals surface area contributed by atoms with Gasteiger partial charge in [-0.3, -0.25) is 3.97 Å². The molecular formula is C8H9IN4S. The SMILES string of the molecule is CN(C)c1ncnc2c1ccn2SI. The quantitative estimate of drug-likeness (QED) is 0.796. The maximum absolute atomic E-state index is 4.25. The molecule has 0 amide bonds. The van der Waals surface area contributed by atoms with Crippen molar-refractivity contribution in [3.8, 4) is 0 Å². The van der Waals surface area contributed by atoms with Gasteiger partial charge < -0.3 is 4.90 Å². The van der Waals surface area contributed by atoms with Gasteiger partial charge >= 0.3 is 0 Å². The molecule has 74 valence electrons. The number of fused-ring (bicyclic) bond motifs is 1. The van der Waals surface area contributed by atoms with Crippen LogP contribution >= 0.6 is 30.3 Å². The lowest BCUT2D eigenvalue weighted by atomic mass is 10.3. The fraction of sp³-hybridized carbons (Fsp3) is 0.250. The Morgan fingerprint density at radius 1 is 1.43 bits per heavy atom. The highest BCUT2D eigenvalue weighted by molar-refractivity contribution is 14.2. The summed E-state index contributed by atoms with van der Waals surface area (Å²) in [4.78, 5) is 10.5. The Labute approximate surface area is 98.4 Å². The summed E-state index contributed by atoms with van der Waals surface area (Å²) in [5.74, 6) is 0.958. The van der Waals surface area contributed by atoms with Crippen molar-refractivity contribution in [2.24, 2.45) is 0 Å². The van der Waals surface area contributed by atoms with Crippen molar-refractivity contribution in [2.45, 2.75) is 0 Å². The predicted molar refractivity (Wildman–Crippen MR) is 68.9 cm³/mol. The molecule has 6 heteroatoms. The van der Waals surface area contributed by atoms with E-state index in [4.69, 9.17) is 0 Å². The third-order valence-electron chi connectivity index (χ3n) is 1.93. The van der Waals surface area contributed by atoms with E-state index in [2.05, 4.69) is 31.2 Å². The number of nitrogens with zero attached hydrogens (tertiary/aromatic N) is 4. The number of aromatic nitrogens is 3. The van der Waals surface area contributed by atoms with E-state index in [0.29, 0.717) is 0 Å². The molecule has 14 heavy (non-hydrogen) atoms. The maximum atomic E-state index is 4.25. The van der Waals surface area contributed by atoms with Crippen molar-refractivity contribution in [1.29, 1.82) is 0 Å². The Morgan fingerprint density at radius 3 is 2.86 bits per heavy atom. The van der Waals surface area contributed by atoms with Crippen LogP contribution in [0.1, 0.15) is 0 Å². The lowest BCUT2D eigenvalue weighted by molar-refractivity contribution is 1.06. The van der Waals surface area contributed by atoms with E-state index >= 15 is 0 Å². The summed E-state index contributed by atoms with van der Waals surface area (Å²) in [7, 11) is 5.57. The van der Waals surface area contributed by atoms with Gasteiger partial charge in [-0.25, -0.2) is 9.97 Å². The molecule has 0 saturated heterocycles. The molecule has 0 spiro atoms. The van der Waals surface area contributed by atoms with Gasteiger partial charge in [0.1, 0.15) is 12.1 Å². The van der Waals surface area contributed by atoms with Crippen LogP contribution in [0.4, 0.5) is 5.82 Å². The Bertz CT molecular complexity index is 454. The Morgan fingerprint density at radius 2 is 2.21 bits per heavy atom. The minimum atomic E-state index is 0.958. The minimum absolute atomic E-state index is 0.958. The number of hydrogen-bond acceptors (Lipinski definition) is 4. The van der Waals surface area contributed by atoms with Gasteiger partial charge in [-0.2, -0.15) is 0 Å². The van der Waals surface area contributed by atoms with Crippen molar-refractivity contribution in [2.75, 3.05) is 19.0 Å². The standard InChI is InChI=1S/C8H9IN4S/c1-12(2)7-6-3-4-13(14-9)8(6)11-5-10-7/h3-5H,1-2H3. The van der Waals surface area contributed by atoms with Crippen LogP contribution in [-0.2, 0) is 0 Å². The molecule has 0 bridgehead atoms. The molecule has 2 heterocycles. The van der Waals surface area contributed by atoms with Crippen LogP contribution < -0.4 is 4.90 Å². The first-order valence-electron chi connectivity index (χ1n) is 4.02. The molecule has 0 saturated carbocycles. The Hall–Kier alpha value is -0.500. The lowest BCUT2D eigenvalue weighted by Gasteiger charge is -2.11. The molecule has 4 nitrogen and oxygen atoms in total. The second-order valence-electron chi connectivity index (χ2n) is 3.04. The van der Waals surface area contributed by atoms with Crippen molar-refractivity contribution in [3.05, 3.63) is 18.6 Å².